The summed E-state index contributed by atoms with van der Waals surface area (Å²) in [6.07, 6.45) is 1.46. The van der Waals surface area contributed by atoms with E-state index in [1.807, 2.05) is 6.92 Å². The number of rotatable bonds is 6. The van der Waals surface area contributed by atoms with Crippen molar-refractivity contribution in [2.24, 2.45) is 5.10 Å². The summed E-state index contributed by atoms with van der Waals surface area (Å²) >= 11 is 5.93. The van der Waals surface area contributed by atoms with E-state index in [4.69, 9.17) is 16.3 Å². The van der Waals surface area contributed by atoms with Gasteiger partial charge in [0.1, 0.15) is 5.75 Å². The minimum atomic E-state index is -0.411. The topological polar surface area (TPSA) is 77.0 Å². The third-order valence-electron chi connectivity index (χ3n) is 3.23. The van der Waals surface area contributed by atoms with Gasteiger partial charge in [-0.1, -0.05) is 23.7 Å². The Morgan fingerprint density at radius 2 is 1.92 bits per heavy atom. The smallest absolute Gasteiger partial charge is 0.337 e. The van der Waals surface area contributed by atoms with Crippen molar-refractivity contribution in [3.05, 3.63) is 64.2 Å². The first kappa shape index (κ1) is 18.5. The van der Waals surface area contributed by atoms with Gasteiger partial charge in [0.05, 0.1) is 18.9 Å². The number of esters is 1. The Hall–Kier alpha value is -2.86. The van der Waals surface area contributed by atoms with Crippen LogP contribution >= 0.6 is 11.6 Å². The number of carbonyl (C=O) groups is 2. The first-order valence-electron chi connectivity index (χ1n) is 7.39. The van der Waals surface area contributed by atoms with Gasteiger partial charge in [0.25, 0.3) is 5.91 Å². The van der Waals surface area contributed by atoms with E-state index in [2.05, 4.69) is 15.3 Å². The van der Waals surface area contributed by atoms with E-state index in [9.17, 15) is 9.59 Å². The number of halogens is 1. The lowest BCUT2D eigenvalue weighted by molar-refractivity contribution is -0.123. The predicted octanol–water partition coefficient (Wildman–Crippen LogP) is 2.96. The molecule has 0 unspecified atom stereocenters. The molecular weight excluding hydrogens is 344 g/mol. The second kappa shape index (κ2) is 8.84. The highest BCUT2D eigenvalue weighted by Crippen LogP contribution is 2.20. The number of aryl methyl sites for hydroxylation is 1. The number of hydrogen-bond acceptors (Lipinski definition) is 5. The van der Waals surface area contributed by atoms with E-state index in [-0.39, 0.29) is 6.61 Å². The van der Waals surface area contributed by atoms with Gasteiger partial charge in [0.15, 0.2) is 6.61 Å². The third-order valence-corrected chi connectivity index (χ3v) is 3.66. The van der Waals surface area contributed by atoms with Crippen LogP contribution < -0.4 is 10.2 Å². The maximum absolute atomic E-state index is 11.7. The maximum Gasteiger partial charge on any atom is 0.337 e. The Labute approximate surface area is 150 Å². The molecule has 0 aromatic heterocycles. The van der Waals surface area contributed by atoms with E-state index >= 15 is 0 Å². The molecule has 0 heterocycles. The lowest BCUT2D eigenvalue weighted by Gasteiger charge is -2.06. The number of amides is 1. The van der Waals surface area contributed by atoms with Crippen LogP contribution in [0.4, 0.5) is 0 Å². The van der Waals surface area contributed by atoms with E-state index in [1.54, 1.807) is 42.5 Å². The van der Waals surface area contributed by atoms with Crippen molar-refractivity contribution in [3.8, 4) is 5.75 Å². The van der Waals surface area contributed by atoms with Crippen LogP contribution in [0.3, 0.4) is 0 Å². The Bertz CT molecular complexity index is 788. The van der Waals surface area contributed by atoms with Crippen LogP contribution in [0.25, 0.3) is 0 Å². The van der Waals surface area contributed by atoms with Crippen molar-refractivity contribution in [1.29, 1.82) is 0 Å². The predicted molar refractivity (Wildman–Crippen MR) is 95.2 cm³/mol. The van der Waals surface area contributed by atoms with Gasteiger partial charge in [-0.05, 0) is 48.4 Å². The highest BCUT2D eigenvalue weighted by atomic mass is 35.5. The van der Waals surface area contributed by atoms with Crippen molar-refractivity contribution >= 4 is 29.7 Å². The standard InChI is InChI=1S/C18H17ClN2O4/c1-12-9-15(7-8-16(12)19)25-11-17(22)21-20-10-13-3-5-14(6-4-13)18(23)24-2/h3-10H,11H2,1-2H3,(H,21,22)/b20-10-. The van der Waals surface area contributed by atoms with Crippen LogP contribution in [0, 0.1) is 6.92 Å². The summed E-state index contributed by atoms with van der Waals surface area (Å²) in [5.74, 6) is -0.249. The zero-order valence-corrected chi connectivity index (χ0v) is 14.5. The van der Waals surface area contributed by atoms with E-state index in [0.29, 0.717) is 16.3 Å². The normalized spacial score (nSPS) is 10.5. The van der Waals surface area contributed by atoms with Crippen molar-refractivity contribution in [1.82, 2.24) is 5.43 Å². The molecule has 2 aromatic rings. The fraction of sp³-hybridized carbons (Fsp3) is 0.167. The van der Waals surface area contributed by atoms with Crippen LogP contribution in [0.15, 0.2) is 47.6 Å². The van der Waals surface area contributed by atoms with Gasteiger partial charge in [-0.15, -0.1) is 0 Å². The fourth-order valence-corrected chi connectivity index (χ4v) is 2.01. The highest BCUT2D eigenvalue weighted by molar-refractivity contribution is 6.31. The van der Waals surface area contributed by atoms with Gasteiger partial charge in [-0.3, -0.25) is 4.79 Å². The molecule has 0 saturated carbocycles. The Morgan fingerprint density at radius 1 is 1.20 bits per heavy atom. The highest BCUT2D eigenvalue weighted by Gasteiger charge is 2.04. The first-order valence-corrected chi connectivity index (χ1v) is 7.76. The van der Waals surface area contributed by atoms with Crippen LogP contribution in [-0.2, 0) is 9.53 Å². The summed E-state index contributed by atoms with van der Waals surface area (Å²) in [6.45, 7) is 1.69. The number of nitrogens with one attached hydrogen (secondary N) is 1. The average molecular weight is 361 g/mol. The molecule has 0 aliphatic heterocycles. The molecule has 0 atom stereocenters. The molecule has 0 fully saturated rings. The number of hydrogen-bond donors (Lipinski definition) is 1. The number of ether oxygens (including phenoxy) is 2. The maximum atomic E-state index is 11.7. The molecule has 0 saturated heterocycles. The Balaban J connectivity index is 1.81. The molecule has 0 bridgehead atoms. The van der Waals surface area contributed by atoms with Gasteiger partial charge in [-0.2, -0.15) is 5.10 Å². The molecule has 0 aliphatic rings. The minimum absolute atomic E-state index is 0.167. The van der Waals surface area contributed by atoms with Crippen molar-refractivity contribution in [2.45, 2.75) is 6.92 Å². The molecular formula is C18H17ClN2O4. The summed E-state index contributed by atoms with van der Waals surface area (Å²) in [7, 11) is 1.32. The third kappa shape index (κ3) is 5.61. The van der Waals surface area contributed by atoms with Crippen LogP contribution in [0.1, 0.15) is 21.5 Å². The monoisotopic (exact) mass is 360 g/mol. The number of methoxy groups -OCH3 is 1. The fourth-order valence-electron chi connectivity index (χ4n) is 1.89. The van der Waals surface area contributed by atoms with Crippen molar-refractivity contribution < 1.29 is 19.1 Å². The van der Waals surface area contributed by atoms with E-state index in [1.165, 1.54) is 13.3 Å². The SMILES string of the molecule is COC(=O)c1ccc(/C=N\NC(=O)COc2ccc(Cl)c(C)c2)cc1. The molecule has 0 spiro atoms. The van der Waals surface area contributed by atoms with Gasteiger partial charge in [0, 0.05) is 5.02 Å². The summed E-state index contributed by atoms with van der Waals surface area (Å²) in [4.78, 5) is 23.0. The van der Waals surface area contributed by atoms with Crippen LogP contribution in [0.5, 0.6) is 5.75 Å². The van der Waals surface area contributed by atoms with E-state index in [0.717, 1.165) is 11.1 Å². The minimum Gasteiger partial charge on any atom is -0.484 e. The summed E-state index contributed by atoms with van der Waals surface area (Å²) in [5, 5.41) is 4.48. The van der Waals surface area contributed by atoms with Crippen molar-refractivity contribution in [2.75, 3.05) is 13.7 Å². The second-order valence-corrected chi connectivity index (χ2v) is 5.51. The molecule has 2 aromatic carbocycles. The average Bonchev–Trinajstić information content (AvgIpc) is 2.62. The molecule has 25 heavy (non-hydrogen) atoms. The van der Waals surface area contributed by atoms with Gasteiger partial charge < -0.3 is 9.47 Å². The first-order chi connectivity index (χ1) is 12.0. The van der Waals surface area contributed by atoms with Crippen molar-refractivity contribution in [3.63, 3.8) is 0 Å². The lowest BCUT2D eigenvalue weighted by Crippen LogP contribution is -2.24. The quantitative estimate of drug-likeness (QED) is 0.488. The molecule has 7 heteroatoms. The van der Waals surface area contributed by atoms with Gasteiger partial charge in [0.2, 0.25) is 0 Å². The van der Waals surface area contributed by atoms with Gasteiger partial charge >= 0.3 is 5.97 Å². The number of hydrazone groups is 1. The molecule has 130 valence electrons. The molecule has 0 radical (unpaired) electrons. The second-order valence-electron chi connectivity index (χ2n) is 5.11. The number of benzene rings is 2. The lowest BCUT2D eigenvalue weighted by atomic mass is 10.1. The number of carbonyl (C=O) groups excluding carboxylic acids is 2. The largest absolute Gasteiger partial charge is 0.484 e. The zero-order chi connectivity index (χ0) is 18.2. The van der Waals surface area contributed by atoms with E-state index < -0.39 is 11.9 Å². The molecule has 1 amide bonds. The Morgan fingerprint density at radius 3 is 2.56 bits per heavy atom. The Kier molecular flexibility index (Phi) is 6.54. The molecule has 6 nitrogen and oxygen atoms in total. The summed E-state index contributed by atoms with van der Waals surface area (Å²) in [5.41, 5.74) is 4.40. The molecule has 1 N–H and O–H groups in total. The number of nitrogens with zero attached hydrogens (tertiary/aromatic N) is 1. The molecule has 0 aliphatic carbocycles. The zero-order valence-electron chi connectivity index (χ0n) is 13.8. The van der Waals surface area contributed by atoms with Crippen LogP contribution in [-0.4, -0.2) is 31.8 Å². The summed E-state index contributed by atoms with van der Waals surface area (Å²) in [6, 6.07) is 11.8. The summed E-state index contributed by atoms with van der Waals surface area (Å²) < 4.78 is 9.98. The van der Waals surface area contributed by atoms with Crippen LogP contribution in [0.2, 0.25) is 5.02 Å². The molecule has 2 rings (SSSR count). The van der Waals surface area contributed by atoms with Gasteiger partial charge in [-0.25, -0.2) is 10.2 Å².